The Bertz CT molecular complexity index is 565. The quantitative estimate of drug-likeness (QED) is 0.563. The van der Waals surface area contributed by atoms with E-state index in [1.54, 1.807) is 12.1 Å². The third-order valence-corrected chi connectivity index (χ3v) is 4.62. The van der Waals surface area contributed by atoms with Crippen molar-refractivity contribution in [2.45, 2.75) is 53.1 Å². The molecule has 3 atom stereocenters. The van der Waals surface area contributed by atoms with Gasteiger partial charge < -0.3 is 14.8 Å². The standard InChI is InChI=1S/C20H29NO3/c1-13(2)18-11-6-15(5)12-19(18)24-20(22)23-17-9-7-16(8-10-17)21-14(3)4/h7-10,13,15,18-19,21H,3,6,11-12H2,1-2,4-5H3. The molecule has 4 heteroatoms. The van der Waals surface area contributed by atoms with Gasteiger partial charge in [-0.05, 0) is 61.8 Å². The summed E-state index contributed by atoms with van der Waals surface area (Å²) in [6.45, 7) is 12.3. The van der Waals surface area contributed by atoms with Crippen LogP contribution in [-0.4, -0.2) is 12.3 Å². The van der Waals surface area contributed by atoms with E-state index >= 15 is 0 Å². The third-order valence-electron chi connectivity index (χ3n) is 4.62. The molecule has 0 aliphatic heterocycles. The molecule has 4 nitrogen and oxygen atoms in total. The molecule has 1 aromatic carbocycles. The van der Waals surface area contributed by atoms with Gasteiger partial charge >= 0.3 is 6.16 Å². The van der Waals surface area contributed by atoms with Gasteiger partial charge in [0.15, 0.2) is 0 Å². The van der Waals surface area contributed by atoms with Crippen LogP contribution in [0.4, 0.5) is 10.5 Å². The Morgan fingerprint density at radius 3 is 2.50 bits per heavy atom. The number of ether oxygens (including phenoxy) is 2. The molecule has 0 heterocycles. The first-order valence-corrected chi connectivity index (χ1v) is 8.76. The molecule has 24 heavy (non-hydrogen) atoms. The fraction of sp³-hybridized carbons (Fsp3) is 0.550. The topological polar surface area (TPSA) is 47.6 Å². The molecule has 1 aliphatic carbocycles. The molecule has 1 fully saturated rings. The van der Waals surface area contributed by atoms with E-state index in [0.717, 1.165) is 24.2 Å². The average Bonchev–Trinajstić information content (AvgIpc) is 2.48. The van der Waals surface area contributed by atoms with Gasteiger partial charge in [-0.25, -0.2) is 4.79 Å². The number of carbonyl (C=O) groups excluding carboxylic acids is 1. The van der Waals surface area contributed by atoms with Crippen molar-refractivity contribution in [1.82, 2.24) is 0 Å². The molecule has 0 amide bonds. The summed E-state index contributed by atoms with van der Waals surface area (Å²) in [5.41, 5.74) is 1.76. The van der Waals surface area contributed by atoms with Gasteiger partial charge in [0.25, 0.3) is 0 Å². The van der Waals surface area contributed by atoms with Gasteiger partial charge in [0, 0.05) is 11.4 Å². The Labute approximate surface area is 145 Å². The van der Waals surface area contributed by atoms with Crippen molar-refractivity contribution in [3.05, 3.63) is 36.5 Å². The second-order valence-electron chi connectivity index (χ2n) is 7.26. The lowest BCUT2D eigenvalue weighted by Gasteiger charge is -2.36. The van der Waals surface area contributed by atoms with Crippen molar-refractivity contribution in [2.75, 3.05) is 5.32 Å². The third kappa shape index (κ3) is 5.29. The number of hydrogen-bond acceptors (Lipinski definition) is 4. The summed E-state index contributed by atoms with van der Waals surface area (Å²) >= 11 is 0. The highest BCUT2D eigenvalue weighted by Crippen LogP contribution is 2.35. The Morgan fingerprint density at radius 1 is 1.25 bits per heavy atom. The largest absolute Gasteiger partial charge is 0.514 e. The summed E-state index contributed by atoms with van der Waals surface area (Å²) in [5.74, 6) is 1.99. The second kappa shape index (κ2) is 8.22. The summed E-state index contributed by atoms with van der Waals surface area (Å²) in [6.07, 6.45) is 2.57. The monoisotopic (exact) mass is 331 g/mol. The fourth-order valence-electron chi connectivity index (χ4n) is 3.35. The van der Waals surface area contributed by atoms with Crippen molar-refractivity contribution in [2.24, 2.45) is 17.8 Å². The minimum atomic E-state index is -0.611. The summed E-state index contributed by atoms with van der Waals surface area (Å²) in [4.78, 5) is 12.1. The van der Waals surface area contributed by atoms with Crippen molar-refractivity contribution in [1.29, 1.82) is 0 Å². The lowest BCUT2D eigenvalue weighted by molar-refractivity contribution is -0.0136. The summed E-state index contributed by atoms with van der Waals surface area (Å²) in [7, 11) is 0. The zero-order chi connectivity index (χ0) is 17.7. The molecule has 0 aromatic heterocycles. The molecule has 2 rings (SSSR count). The molecule has 1 aliphatic rings. The summed E-state index contributed by atoms with van der Waals surface area (Å²) < 4.78 is 11.0. The number of carbonyl (C=O) groups is 1. The van der Waals surface area contributed by atoms with Crippen molar-refractivity contribution >= 4 is 11.8 Å². The van der Waals surface area contributed by atoms with Gasteiger partial charge in [0.05, 0.1) is 0 Å². The Hall–Kier alpha value is -1.97. The number of nitrogens with one attached hydrogen (secondary N) is 1. The number of hydrogen-bond donors (Lipinski definition) is 1. The smallest absolute Gasteiger partial charge is 0.430 e. The molecular weight excluding hydrogens is 302 g/mol. The first-order valence-electron chi connectivity index (χ1n) is 8.76. The summed E-state index contributed by atoms with van der Waals surface area (Å²) in [6, 6.07) is 7.18. The van der Waals surface area contributed by atoms with Crippen LogP contribution in [0, 0.1) is 17.8 Å². The molecule has 1 saturated carbocycles. The van der Waals surface area contributed by atoms with Crippen LogP contribution in [-0.2, 0) is 4.74 Å². The van der Waals surface area contributed by atoms with E-state index < -0.39 is 6.16 Å². The van der Waals surface area contributed by atoms with E-state index in [2.05, 4.69) is 32.7 Å². The van der Waals surface area contributed by atoms with Crippen LogP contribution in [0.25, 0.3) is 0 Å². The second-order valence-corrected chi connectivity index (χ2v) is 7.26. The van der Waals surface area contributed by atoms with Gasteiger partial charge in [-0.2, -0.15) is 0 Å². The first kappa shape index (κ1) is 18.4. The lowest BCUT2D eigenvalue weighted by Crippen LogP contribution is -2.36. The molecule has 0 radical (unpaired) electrons. The predicted octanol–water partition coefficient (Wildman–Crippen LogP) is 5.61. The molecule has 132 valence electrons. The minimum absolute atomic E-state index is 0.0504. The highest BCUT2D eigenvalue weighted by atomic mass is 16.7. The fourth-order valence-corrected chi connectivity index (χ4v) is 3.35. The summed E-state index contributed by atoms with van der Waals surface area (Å²) in [5, 5.41) is 3.11. The molecule has 1 aromatic rings. The van der Waals surface area contributed by atoms with Gasteiger partial charge in [-0.3, -0.25) is 0 Å². The van der Waals surface area contributed by atoms with Crippen LogP contribution in [0.3, 0.4) is 0 Å². The zero-order valence-corrected chi connectivity index (χ0v) is 15.2. The van der Waals surface area contributed by atoms with E-state index in [1.165, 1.54) is 6.42 Å². The average molecular weight is 331 g/mol. The van der Waals surface area contributed by atoms with Crippen molar-refractivity contribution in [3.63, 3.8) is 0 Å². The highest BCUT2D eigenvalue weighted by molar-refractivity contribution is 5.64. The molecular formula is C20H29NO3. The van der Waals surface area contributed by atoms with E-state index in [1.807, 2.05) is 19.1 Å². The Morgan fingerprint density at radius 2 is 1.92 bits per heavy atom. The zero-order valence-electron chi connectivity index (χ0n) is 15.2. The number of allylic oxidation sites excluding steroid dienone is 1. The molecule has 3 unspecified atom stereocenters. The van der Waals surface area contributed by atoms with Gasteiger partial charge in [-0.1, -0.05) is 33.8 Å². The number of anilines is 1. The first-order chi connectivity index (χ1) is 11.3. The van der Waals surface area contributed by atoms with Crippen molar-refractivity contribution in [3.8, 4) is 5.75 Å². The van der Waals surface area contributed by atoms with Crippen LogP contribution >= 0.6 is 0 Å². The SMILES string of the molecule is C=C(C)Nc1ccc(OC(=O)OC2CC(C)CCC2C(C)C)cc1. The Kier molecular flexibility index (Phi) is 6.29. The van der Waals surface area contributed by atoms with Crippen LogP contribution in [0.5, 0.6) is 5.75 Å². The van der Waals surface area contributed by atoms with Crippen LogP contribution < -0.4 is 10.1 Å². The van der Waals surface area contributed by atoms with E-state index in [4.69, 9.17) is 9.47 Å². The maximum Gasteiger partial charge on any atom is 0.514 e. The van der Waals surface area contributed by atoms with E-state index in [0.29, 0.717) is 23.5 Å². The normalized spacial score (nSPS) is 23.6. The van der Waals surface area contributed by atoms with Gasteiger partial charge in [0.1, 0.15) is 11.9 Å². The number of benzene rings is 1. The molecule has 1 N–H and O–H groups in total. The minimum Gasteiger partial charge on any atom is -0.430 e. The highest BCUT2D eigenvalue weighted by Gasteiger charge is 2.33. The maximum absolute atomic E-state index is 12.1. The number of rotatable bonds is 5. The van der Waals surface area contributed by atoms with E-state index in [-0.39, 0.29) is 6.10 Å². The Balaban J connectivity index is 1.92. The lowest BCUT2D eigenvalue weighted by atomic mass is 9.75. The molecule has 0 spiro atoms. The molecule has 0 saturated heterocycles. The van der Waals surface area contributed by atoms with E-state index in [9.17, 15) is 4.79 Å². The maximum atomic E-state index is 12.1. The van der Waals surface area contributed by atoms with Gasteiger partial charge in [-0.15, -0.1) is 0 Å². The van der Waals surface area contributed by atoms with Crippen LogP contribution in [0.1, 0.15) is 47.0 Å². The van der Waals surface area contributed by atoms with Gasteiger partial charge in [0.2, 0.25) is 0 Å². The predicted molar refractivity (Wildman–Crippen MR) is 97.1 cm³/mol. The molecule has 0 bridgehead atoms. The van der Waals surface area contributed by atoms with Crippen LogP contribution in [0.2, 0.25) is 0 Å². The van der Waals surface area contributed by atoms with Crippen molar-refractivity contribution < 1.29 is 14.3 Å². The van der Waals surface area contributed by atoms with Crippen LogP contribution in [0.15, 0.2) is 36.5 Å².